The van der Waals surface area contributed by atoms with E-state index in [0.717, 1.165) is 11.1 Å². The quantitative estimate of drug-likeness (QED) is 0.760. The monoisotopic (exact) mass is 248 g/mol. The Kier molecular flexibility index (Phi) is 3.59. The number of carbonyl (C=O) groups excluding carboxylic acids is 1. The fraction of sp³-hybridized carbons (Fsp3) is 0.333. The molecule has 6 heteroatoms. The summed E-state index contributed by atoms with van der Waals surface area (Å²) in [6.45, 7) is 0. The molecule has 0 spiro atoms. The van der Waals surface area contributed by atoms with Gasteiger partial charge in [-0.2, -0.15) is 0 Å². The number of amides is 1. The van der Waals surface area contributed by atoms with E-state index in [-0.39, 0.29) is 5.91 Å². The zero-order valence-corrected chi connectivity index (χ0v) is 10.4. The van der Waals surface area contributed by atoms with Gasteiger partial charge in [-0.1, -0.05) is 6.07 Å². The largest absolute Gasteiger partial charge is 0.443 e. The van der Waals surface area contributed by atoms with Gasteiger partial charge in [0.15, 0.2) is 12.0 Å². The van der Waals surface area contributed by atoms with Gasteiger partial charge in [-0.25, -0.2) is 9.99 Å². The number of rotatable bonds is 4. The van der Waals surface area contributed by atoms with Crippen molar-refractivity contribution in [2.45, 2.75) is 12.5 Å². The SMILES string of the molecule is CN(C)NC(=O)C(N)Cc1ccc2ncoc2c1. The number of oxazole rings is 1. The Hall–Kier alpha value is -1.92. The van der Waals surface area contributed by atoms with E-state index in [2.05, 4.69) is 10.4 Å². The third kappa shape index (κ3) is 2.85. The van der Waals surface area contributed by atoms with E-state index in [9.17, 15) is 4.79 Å². The Balaban J connectivity index is 2.06. The molecule has 18 heavy (non-hydrogen) atoms. The fourth-order valence-corrected chi connectivity index (χ4v) is 1.68. The number of nitrogens with zero attached hydrogens (tertiary/aromatic N) is 2. The van der Waals surface area contributed by atoms with Crippen LogP contribution in [-0.4, -0.2) is 36.0 Å². The maximum Gasteiger partial charge on any atom is 0.251 e. The van der Waals surface area contributed by atoms with Crippen LogP contribution in [-0.2, 0) is 11.2 Å². The summed E-state index contributed by atoms with van der Waals surface area (Å²) in [6.07, 6.45) is 1.85. The van der Waals surface area contributed by atoms with E-state index >= 15 is 0 Å². The molecule has 0 saturated heterocycles. The van der Waals surface area contributed by atoms with E-state index in [1.54, 1.807) is 19.1 Å². The zero-order chi connectivity index (χ0) is 13.1. The van der Waals surface area contributed by atoms with E-state index in [4.69, 9.17) is 10.2 Å². The van der Waals surface area contributed by atoms with Crippen LogP contribution in [0.3, 0.4) is 0 Å². The Bertz CT molecular complexity index is 550. The summed E-state index contributed by atoms with van der Waals surface area (Å²) >= 11 is 0. The summed E-state index contributed by atoms with van der Waals surface area (Å²) < 4.78 is 5.20. The second-order valence-electron chi connectivity index (χ2n) is 4.34. The third-order valence-corrected chi connectivity index (χ3v) is 2.52. The van der Waals surface area contributed by atoms with Gasteiger partial charge in [-0.15, -0.1) is 0 Å². The molecule has 1 unspecified atom stereocenters. The minimum atomic E-state index is -0.590. The van der Waals surface area contributed by atoms with Gasteiger partial charge < -0.3 is 10.2 Å². The number of carbonyl (C=O) groups is 1. The normalized spacial score (nSPS) is 12.9. The summed E-state index contributed by atoms with van der Waals surface area (Å²) in [5.41, 5.74) is 10.9. The Labute approximate surface area is 105 Å². The molecule has 1 aromatic heterocycles. The standard InChI is InChI=1S/C12H16N4O2/c1-16(2)15-12(17)9(13)5-8-3-4-10-11(6-8)18-7-14-10/h3-4,6-7,9H,5,13H2,1-2H3,(H,15,17). The van der Waals surface area contributed by atoms with Crippen LogP contribution in [0.1, 0.15) is 5.56 Å². The summed E-state index contributed by atoms with van der Waals surface area (Å²) in [5.74, 6) is -0.210. The van der Waals surface area contributed by atoms with E-state index in [1.807, 2.05) is 18.2 Å². The summed E-state index contributed by atoms with van der Waals surface area (Å²) in [7, 11) is 3.48. The molecule has 0 bridgehead atoms. The van der Waals surface area contributed by atoms with Gasteiger partial charge in [0, 0.05) is 14.1 Å². The Morgan fingerprint density at radius 2 is 2.33 bits per heavy atom. The molecule has 1 atom stereocenters. The molecule has 3 N–H and O–H groups in total. The Morgan fingerprint density at radius 1 is 1.56 bits per heavy atom. The number of hydrogen-bond donors (Lipinski definition) is 2. The smallest absolute Gasteiger partial charge is 0.251 e. The minimum absolute atomic E-state index is 0.210. The van der Waals surface area contributed by atoms with Crippen LogP contribution in [0.15, 0.2) is 29.0 Å². The van der Waals surface area contributed by atoms with Crippen LogP contribution in [0.25, 0.3) is 11.1 Å². The van der Waals surface area contributed by atoms with Gasteiger partial charge in [-0.05, 0) is 24.1 Å². The average Bonchev–Trinajstić information content (AvgIpc) is 2.75. The van der Waals surface area contributed by atoms with Crippen LogP contribution in [0.5, 0.6) is 0 Å². The molecule has 0 radical (unpaired) electrons. The maximum atomic E-state index is 11.7. The van der Waals surface area contributed by atoms with Gasteiger partial charge in [0.1, 0.15) is 5.52 Å². The third-order valence-electron chi connectivity index (χ3n) is 2.52. The highest BCUT2D eigenvalue weighted by atomic mass is 16.3. The van der Waals surface area contributed by atoms with Crippen LogP contribution < -0.4 is 11.2 Å². The van der Waals surface area contributed by atoms with Crippen molar-refractivity contribution in [2.24, 2.45) is 5.73 Å². The fourth-order valence-electron chi connectivity index (χ4n) is 1.68. The molecule has 0 aliphatic rings. The van der Waals surface area contributed by atoms with Crippen LogP contribution in [0.4, 0.5) is 0 Å². The molecule has 1 aromatic carbocycles. The van der Waals surface area contributed by atoms with E-state index in [1.165, 1.54) is 6.39 Å². The van der Waals surface area contributed by atoms with E-state index in [0.29, 0.717) is 12.0 Å². The summed E-state index contributed by atoms with van der Waals surface area (Å²) in [4.78, 5) is 15.7. The molecule has 96 valence electrons. The predicted octanol–water partition coefficient (Wildman–Crippen LogP) is 0.290. The molecule has 2 rings (SSSR count). The second kappa shape index (κ2) is 5.16. The lowest BCUT2D eigenvalue weighted by Gasteiger charge is -2.16. The van der Waals surface area contributed by atoms with Crippen LogP contribution in [0.2, 0.25) is 0 Å². The summed E-state index contributed by atoms with van der Waals surface area (Å²) in [5, 5.41) is 1.57. The van der Waals surface area contributed by atoms with E-state index < -0.39 is 6.04 Å². The molecule has 0 fully saturated rings. The van der Waals surface area contributed by atoms with Crippen molar-refractivity contribution in [1.82, 2.24) is 15.4 Å². The average molecular weight is 248 g/mol. The topological polar surface area (TPSA) is 84.4 Å². The number of aromatic nitrogens is 1. The molecule has 0 aliphatic carbocycles. The van der Waals surface area contributed by atoms with Gasteiger partial charge in [0.25, 0.3) is 5.91 Å². The molecular weight excluding hydrogens is 232 g/mol. The first-order valence-corrected chi connectivity index (χ1v) is 5.62. The summed E-state index contributed by atoms with van der Waals surface area (Å²) in [6, 6.07) is 5.01. The molecule has 2 aromatic rings. The van der Waals surface area contributed by atoms with Crippen LogP contribution >= 0.6 is 0 Å². The van der Waals surface area contributed by atoms with Crippen molar-refractivity contribution in [3.05, 3.63) is 30.2 Å². The second-order valence-corrected chi connectivity index (χ2v) is 4.34. The molecular formula is C12H16N4O2. The Morgan fingerprint density at radius 3 is 3.06 bits per heavy atom. The van der Waals surface area contributed by atoms with Gasteiger partial charge in [-0.3, -0.25) is 10.2 Å². The minimum Gasteiger partial charge on any atom is -0.443 e. The highest BCUT2D eigenvalue weighted by molar-refractivity contribution is 5.81. The number of benzene rings is 1. The first-order chi connectivity index (χ1) is 8.56. The molecule has 1 heterocycles. The number of nitrogens with two attached hydrogens (primary N) is 1. The molecule has 0 aliphatic heterocycles. The van der Waals surface area contributed by atoms with Crippen molar-refractivity contribution in [1.29, 1.82) is 0 Å². The van der Waals surface area contributed by atoms with Gasteiger partial charge >= 0.3 is 0 Å². The van der Waals surface area contributed by atoms with Gasteiger partial charge in [0.2, 0.25) is 0 Å². The number of hydrogen-bond acceptors (Lipinski definition) is 5. The van der Waals surface area contributed by atoms with Crippen molar-refractivity contribution >= 4 is 17.0 Å². The highest BCUT2D eigenvalue weighted by Gasteiger charge is 2.15. The molecule has 1 amide bonds. The number of nitrogens with one attached hydrogen (secondary N) is 1. The lowest BCUT2D eigenvalue weighted by atomic mass is 10.1. The van der Waals surface area contributed by atoms with Crippen LogP contribution in [0, 0.1) is 0 Å². The van der Waals surface area contributed by atoms with Crippen molar-refractivity contribution in [2.75, 3.05) is 14.1 Å². The van der Waals surface area contributed by atoms with Crippen molar-refractivity contribution in [3.8, 4) is 0 Å². The zero-order valence-electron chi connectivity index (χ0n) is 10.4. The number of hydrazine groups is 1. The number of fused-ring (bicyclic) bond motifs is 1. The molecule has 0 saturated carbocycles. The lowest BCUT2D eigenvalue weighted by Crippen LogP contribution is -2.47. The first-order valence-electron chi connectivity index (χ1n) is 5.62. The molecule has 6 nitrogen and oxygen atoms in total. The maximum absolute atomic E-state index is 11.7. The highest BCUT2D eigenvalue weighted by Crippen LogP contribution is 2.15. The van der Waals surface area contributed by atoms with Gasteiger partial charge in [0.05, 0.1) is 6.04 Å². The predicted molar refractivity (Wildman–Crippen MR) is 67.5 cm³/mol. The van der Waals surface area contributed by atoms with Crippen molar-refractivity contribution < 1.29 is 9.21 Å². The van der Waals surface area contributed by atoms with Crippen molar-refractivity contribution in [3.63, 3.8) is 0 Å². The first kappa shape index (κ1) is 12.5. The lowest BCUT2D eigenvalue weighted by molar-refractivity contribution is -0.126.